The van der Waals surface area contributed by atoms with Gasteiger partial charge in [0.1, 0.15) is 5.15 Å². The van der Waals surface area contributed by atoms with Crippen LogP contribution in [0.25, 0.3) is 0 Å². The molecule has 0 saturated carbocycles. The Balaban J connectivity index is 2.23. The topological polar surface area (TPSA) is 73.8 Å². The normalized spacial score (nSPS) is 10.3. The van der Waals surface area contributed by atoms with Crippen molar-refractivity contribution in [2.24, 2.45) is 0 Å². The maximum Gasteiger partial charge on any atom is 0.180 e. The summed E-state index contributed by atoms with van der Waals surface area (Å²) < 4.78 is 0.884. The quantitative estimate of drug-likeness (QED) is 0.462. The molecule has 0 fully saturated rings. The van der Waals surface area contributed by atoms with Crippen LogP contribution in [0.3, 0.4) is 0 Å². The first-order chi connectivity index (χ1) is 7.66. The van der Waals surface area contributed by atoms with Gasteiger partial charge in [-0.15, -0.1) is 0 Å². The van der Waals surface area contributed by atoms with Gasteiger partial charge in [0.15, 0.2) is 10.9 Å². The fourth-order valence-electron chi connectivity index (χ4n) is 1.30. The average Bonchev–Trinajstić information content (AvgIpc) is 2.69. The molecule has 2 rings (SSSR count). The third kappa shape index (κ3) is 2.17. The van der Waals surface area contributed by atoms with Crippen molar-refractivity contribution in [2.45, 2.75) is 6.42 Å². The van der Waals surface area contributed by atoms with Gasteiger partial charge in [-0.25, -0.2) is 20.1 Å². The van der Waals surface area contributed by atoms with Crippen molar-refractivity contribution >= 4 is 11.6 Å². The van der Waals surface area contributed by atoms with Crippen molar-refractivity contribution in [3.8, 4) is 0 Å². The van der Waals surface area contributed by atoms with Gasteiger partial charge >= 0.3 is 0 Å². The van der Waals surface area contributed by atoms with Crippen LogP contribution in [0, 0.1) is 10.1 Å². The Labute approximate surface area is 95.6 Å². The third-order valence-corrected chi connectivity index (χ3v) is 2.25. The summed E-state index contributed by atoms with van der Waals surface area (Å²) in [5, 5.41) is 10.5. The number of imidazole rings is 1. The molecule has 2 aromatic rings. The number of halogens is 1. The van der Waals surface area contributed by atoms with E-state index in [0.717, 1.165) is 10.2 Å². The maximum atomic E-state index is 10.6. The maximum absolute atomic E-state index is 10.6. The van der Waals surface area contributed by atoms with Crippen molar-refractivity contribution in [2.75, 3.05) is 0 Å². The Hall–Kier alpha value is -1.95. The molecule has 6 nitrogen and oxygen atoms in total. The molecule has 0 bridgehead atoms. The third-order valence-electron chi connectivity index (χ3n) is 2.02. The minimum absolute atomic E-state index is 0.345. The summed E-state index contributed by atoms with van der Waals surface area (Å²) in [7, 11) is 0. The molecule has 0 atom stereocenters. The first-order valence-electron chi connectivity index (χ1n) is 4.44. The van der Waals surface area contributed by atoms with Crippen molar-refractivity contribution in [1.29, 1.82) is 0 Å². The van der Waals surface area contributed by atoms with Crippen LogP contribution in [0.1, 0.15) is 11.4 Å². The lowest BCUT2D eigenvalue weighted by molar-refractivity contribution is -0.543. The smallest absolute Gasteiger partial charge is 0.180 e. The Morgan fingerprint density at radius 3 is 2.88 bits per heavy atom. The van der Waals surface area contributed by atoms with Gasteiger partial charge in [-0.05, 0) is 11.6 Å². The Morgan fingerprint density at radius 2 is 2.25 bits per heavy atom. The van der Waals surface area contributed by atoms with E-state index in [4.69, 9.17) is 11.6 Å². The molecule has 82 valence electrons. The second kappa shape index (κ2) is 4.28. The van der Waals surface area contributed by atoms with Crippen LogP contribution in [-0.2, 0) is 6.42 Å². The van der Waals surface area contributed by atoms with E-state index in [9.17, 15) is 10.1 Å². The van der Waals surface area contributed by atoms with Gasteiger partial charge in [-0.1, -0.05) is 22.3 Å². The number of hydrogen-bond acceptors (Lipinski definition) is 4. The molecule has 2 aromatic heterocycles. The zero-order chi connectivity index (χ0) is 11.5. The molecular formula is C9H7ClN4O2. The van der Waals surface area contributed by atoms with E-state index in [2.05, 4.69) is 9.97 Å². The Morgan fingerprint density at radius 1 is 1.44 bits per heavy atom. The number of nitro groups is 1. The monoisotopic (exact) mass is 238 g/mol. The predicted octanol–water partition coefficient (Wildman–Crippen LogP) is 1.56. The molecule has 16 heavy (non-hydrogen) atoms. The molecule has 0 saturated heterocycles. The van der Waals surface area contributed by atoms with Gasteiger partial charge in [0.25, 0.3) is 0 Å². The van der Waals surface area contributed by atoms with Gasteiger partial charge in [0.05, 0.1) is 12.4 Å². The van der Waals surface area contributed by atoms with E-state index in [1.165, 1.54) is 12.4 Å². The van der Waals surface area contributed by atoms with Gasteiger partial charge in [0, 0.05) is 12.6 Å². The van der Waals surface area contributed by atoms with Crippen LogP contribution in [0.5, 0.6) is 0 Å². The van der Waals surface area contributed by atoms with Crippen LogP contribution < -0.4 is 0 Å². The lowest BCUT2D eigenvalue weighted by Gasteiger charge is -1.99. The van der Waals surface area contributed by atoms with Gasteiger partial charge < -0.3 is 0 Å². The molecule has 0 aliphatic rings. The van der Waals surface area contributed by atoms with Crippen LogP contribution in [0.15, 0.2) is 30.7 Å². The molecule has 0 spiro atoms. The number of nitrogens with zero attached hydrogens (tertiary/aromatic N) is 4. The lowest BCUT2D eigenvalue weighted by atomic mass is 10.2. The highest BCUT2D eigenvalue weighted by Gasteiger charge is 2.11. The first kappa shape index (κ1) is 10.6. The molecule has 0 unspecified atom stereocenters. The summed E-state index contributed by atoms with van der Waals surface area (Å²) in [6.45, 7) is 0. The zero-order valence-corrected chi connectivity index (χ0v) is 8.83. The van der Waals surface area contributed by atoms with Gasteiger partial charge in [-0.2, -0.15) is 0 Å². The minimum Gasteiger partial charge on any atom is -0.244 e. The molecule has 0 radical (unpaired) electrons. The minimum atomic E-state index is -0.522. The second-order valence-electron chi connectivity index (χ2n) is 3.09. The second-order valence-corrected chi connectivity index (χ2v) is 3.48. The van der Waals surface area contributed by atoms with Crippen LogP contribution in [0.2, 0.25) is 5.15 Å². The number of rotatable bonds is 3. The number of pyridine rings is 1. The van der Waals surface area contributed by atoms with Crippen LogP contribution in [-0.4, -0.2) is 19.7 Å². The summed E-state index contributed by atoms with van der Waals surface area (Å²) in [6, 6.07) is 3.39. The molecule has 2 heterocycles. The summed E-state index contributed by atoms with van der Waals surface area (Å²) in [6.07, 6.45) is 4.61. The van der Waals surface area contributed by atoms with Crippen molar-refractivity contribution in [3.63, 3.8) is 0 Å². The lowest BCUT2D eigenvalue weighted by Crippen LogP contribution is -2.12. The van der Waals surface area contributed by atoms with E-state index < -0.39 is 5.03 Å². The van der Waals surface area contributed by atoms with E-state index in [1.54, 1.807) is 18.3 Å². The molecule has 7 heteroatoms. The fourth-order valence-corrected chi connectivity index (χ4v) is 1.41. The standard InChI is InChI=1S/C9H7ClN4O2/c10-8-2-1-7(6-12-8)5-9-11-3-4-13(9)14(15)16/h1-4,6H,5H2. The molecule has 0 aliphatic carbocycles. The van der Waals surface area contributed by atoms with Crippen molar-refractivity contribution in [3.05, 3.63) is 57.4 Å². The summed E-state index contributed by atoms with van der Waals surface area (Å²) >= 11 is 5.64. The average molecular weight is 239 g/mol. The summed E-state index contributed by atoms with van der Waals surface area (Å²) in [5.74, 6) is 0.356. The summed E-state index contributed by atoms with van der Waals surface area (Å²) in [4.78, 5) is 18.4. The molecular weight excluding hydrogens is 232 g/mol. The first-order valence-corrected chi connectivity index (χ1v) is 4.82. The van der Waals surface area contributed by atoms with Crippen LogP contribution in [0.4, 0.5) is 0 Å². The fraction of sp³-hybridized carbons (Fsp3) is 0.111. The molecule has 0 aromatic carbocycles. The number of hydrogen-bond donors (Lipinski definition) is 0. The molecule has 0 amide bonds. The van der Waals surface area contributed by atoms with E-state index in [-0.39, 0.29) is 0 Å². The van der Waals surface area contributed by atoms with Crippen molar-refractivity contribution in [1.82, 2.24) is 14.6 Å². The van der Waals surface area contributed by atoms with Gasteiger partial charge in [-0.3, -0.25) is 0 Å². The van der Waals surface area contributed by atoms with E-state index in [1.807, 2.05) is 0 Å². The SMILES string of the molecule is O=[N+]([O-])n1ccnc1Cc1ccc(Cl)nc1. The highest BCUT2D eigenvalue weighted by molar-refractivity contribution is 6.29. The summed E-state index contributed by atoms with van der Waals surface area (Å²) in [5.41, 5.74) is 0.818. The van der Waals surface area contributed by atoms with Crippen LogP contribution >= 0.6 is 11.6 Å². The predicted molar refractivity (Wildman–Crippen MR) is 56.7 cm³/mol. The van der Waals surface area contributed by atoms with E-state index in [0.29, 0.717) is 17.4 Å². The largest absolute Gasteiger partial charge is 0.244 e. The Bertz CT molecular complexity index is 508. The van der Waals surface area contributed by atoms with Crippen molar-refractivity contribution < 1.29 is 5.03 Å². The van der Waals surface area contributed by atoms with E-state index >= 15 is 0 Å². The zero-order valence-electron chi connectivity index (χ0n) is 8.08. The number of aromatic nitrogens is 3. The Kier molecular flexibility index (Phi) is 2.82. The molecule has 0 N–H and O–H groups in total. The highest BCUT2D eigenvalue weighted by Crippen LogP contribution is 2.09. The van der Waals surface area contributed by atoms with Gasteiger partial charge in [0.2, 0.25) is 0 Å². The highest BCUT2D eigenvalue weighted by atomic mass is 35.5. The molecule has 0 aliphatic heterocycles.